The molecule has 2 aromatic carbocycles. The van der Waals surface area contributed by atoms with E-state index in [1.54, 1.807) is 23.5 Å². The third kappa shape index (κ3) is 1.28. The summed E-state index contributed by atoms with van der Waals surface area (Å²) in [6, 6.07) is 12.8. The molecule has 0 amide bonds. The van der Waals surface area contributed by atoms with Crippen molar-refractivity contribution in [1.82, 2.24) is 0 Å². The van der Waals surface area contributed by atoms with Gasteiger partial charge in [0.2, 0.25) is 0 Å². The molecule has 0 saturated heterocycles. The average Bonchev–Trinajstić information content (AvgIpc) is 2.18. The first-order valence-electron chi connectivity index (χ1n) is 4.26. The molecule has 0 N–H and O–H groups in total. The molecule has 0 fully saturated rings. The van der Waals surface area contributed by atoms with Gasteiger partial charge in [0.05, 0.1) is 0 Å². The van der Waals surface area contributed by atoms with Gasteiger partial charge in [-0.1, -0.05) is 60.0 Å². The van der Waals surface area contributed by atoms with Crippen LogP contribution in [0.4, 0.5) is 0 Å². The lowest BCUT2D eigenvalue weighted by Crippen LogP contribution is -1.91. The summed E-state index contributed by atoms with van der Waals surface area (Å²) in [5.41, 5.74) is 0. The fourth-order valence-corrected chi connectivity index (χ4v) is 4.26. The third-order valence-electron chi connectivity index (χ3n) is 2.21. The van der Waals surface area contributed by atoms with Crippen molar-refractivity contribution in [1.29, 1.82) is 0 Å². The molecule has 68 valence electrons. The Labute approximate surface area is 96.1 Å². The summed E-state index contributed by atoms with van der Waals surface area (Å²) in [6.07, 6.45) is 0. The first-order chi connectivity index (χ1) is 6.84. The number of thioether (sulfide) groups is 2. The van der Waals surface area contributed by atoms with E-state index in [1.165, 1.54) is 20.6 Å². The summed E-state index contributed by atoms with van der Waals surface area (Å²) in [6.45, 7) is 0. The highest BCUT2D eigenvalue weighted by Gasteiger charge is 2.16. The number of hydrogen-bond donors (Lipinski definition) is 0. The summed E-state index contributed by atoms with van der Waals surface area (Å²) in [7, 11) is 0. The quantitative estimate of drug-likeness (QED) is 0.623. The van der Waals surface area contributed by atoms with Gasteiger partial charge in [-0.15, -0.1) is 0 Å². The zero-order chi connectivity index (χ0) is 9.54. The third-order valence-corrected chi connectivity index (χ3v) is 4.67. The maximum atomic E-state index is 5.25. The molecule has 2 aromatic rings. The first-order valence-corrected chi connectivity index (χ1v) is 6.30. The van der Waals surface area contributed by atoms with Crippen molar-refractivity contribution in [3.8, 4) is 0 Å². The molecule has 0 atom stereocenters. The second-order valence-corrected chi connectivity index (χ2v) is 6.35. The molecule has 0 nitrogen and oxygen atoms in total. The zero-order valence-corrected chi connectivity index (χ0v) is 9.64. The van der Waals surface area contributed by atoms with Crippen molar-refractivity contribution < 1.29 is 0 Å². The lowest BCUT2D eigenvalue weighted by Gasteiger charge is -2.15. The van der Waals surface area contributed by atoms with E-state index in [-0.39, 0.29) is 0 Å². The lowest BCUT2D eigenvalue weighted by molar-refractivity contribution is 1.45. The maximum absolute atomic E-state index is 5.25. The molecular formula is C11H6S3. The Hall–Kier alpha value is -0.510. The highest BCUT2D eigenvalue weighted by atomic mass is 32.2. The van der Waals surface area contributed by atoms with Crippen LogP contribution >= 0.6 is 35.7 Å². The average molecular weight is 234 g/mol. The minimum absolute atomic E-state index is 0.996. The van der Waals surface area contributed by atoms with Gasteiger partial charge in [0.15, 0.2) is 0 Å². The largest absolute Gasteiger partial charge is 0.113 e. The van der Waals surface area contributed by atoms with Crippen LogP contribution in [0.2, 0.25) is 0 Å². The molecule has 14 heavy (non-hydrogen) atoms. The van der Waals surface area contributed by atoms with E-state index in [2.05, 4.69) is 36.4 Å². The molecule has 1 heterocycles. The number of rotatable bonds is 0. The van der Waals surface area contributed by atoms with Crippen molar-refractivity contribution in [2.75, 3.05) is 0 Å². The van der Waals surface area contributed by atoms with Gasteiger partial charge in [-0.2, -0.15) is 0 Å². The van der Waals surface area contributed by atoms with Gasteiger partial charge >= 0.3 is 0 Å². The molecule has 0 saturated carbocycles. The van der Waals surface area contributed by atoms with Crippen LogP contribution in [0.1, 0.15) is 0 Å². The number of benzene rings is 2. The van der Waals surface area contributed by atoms with E-state index in [0.717, 1.165) is 3.53 Å². The molecule has 0 bridgehead atoms. The molecule has 1 aliphatic rings. The second kappa shape index (κ2) is 3.26. The van der Waals surface area contributed by atoms with Gasteiger partial charge < -0.3 is 0 Å². The summed E-state index contributed by atoms with van der Waals surface area (Å²) in [5.74, 6) is 0. The highest BCUT2D eigenvalue weighted by molar-refractivity contribution is 8.47. The Kier molecular flexibility index (Phi) is 2.04. The van der Waals surface area contributed by atoms with Crippen molar-refractivity contribution in [2.45, 2.75) is 9.79 Å². The molecule has 0 aliphatic carbocycles. The molecule has 0 unspecified atom stereocenters. The maximum Gasteiger partial charge on any atom is 0.113 e. The van der Waals surface area contributed by atoms with Crippen LogP contribution in [0.3, 0.4) is 0 Å². The summed E-state index contributed by atoms with van der Waals surface area (Å²) < 4.78 is 0.996. The number of hydrogen-bond acceptors (Lipinski definition) is 3. The second-order valence-electron chi connectivity index (χ2n) is 3.06. The van der Waals surface area contributed by atoms with E-state index in [1.807, 2.05) is 0 Å². The molecule has 3 rings (SSSR count). The monoisotopic (exact) mass is 234 g/mol. The van der Waals surface area contributed by atoms with Crippen molar-refractivity contribution in [3.05, 3.63) is 36.4 Å². The van der Waals surface area contributed by atoms with Gasteiger partial charge in [-0.3, -0.25) is 0 Å². The van der Waals surface area contributed by atoms with Crippen LogP contribution in [-0.2, 0) is 0 Å². The molecule has 0 spiro atoms. The summed E-state index contributed by atoms with van der Waals surface area (Å²) in [4.78, 5) is 2.59. The van der Waals surface area contributed by atoms with Crippen molar-refractivity contribution in [2.24, 2.45) is 0 Å². The Morgan fingerprint density at radius 2 is 1.43 bits per heavy atom. The zero-order valence-electron chi connectivity index (χ0n) is 7.19. The molecule has 0 aromatic heterocycles. The van der Waals surface area contributed by atoms with Gasteiger partial charge in [0.1, 0.15) is 3.53 Å². The van der Waals surface area contributed by atoms with Crippen LogP contribution in [0.25, 0.3) is 10.8 Å². The van der Waals surface area contributed by atoms with E-state index in [0.29, 0.717) is 0 Å². The summed E-state index contributed by atoms with van der Waals surface area (Å²) in [5, 5.41) is 2.67. The fraction of sp³-hybridized carbons (Fsp3) is 0. The van der Waals surface area contributed by atoms with Crippen LogP contribution in [0.15, 0.2) is 46.2 Å². The Balaban J connectivity index is 2.45. The smallest absolute Gasteiger partial charge is 0.0704 e. The number of thiocarbonyl (C=S) groups is 1. The predicted octanol–water partition coefficient (Wildman–Crippen LogP) is 4.32. The van der Waals surface area contributed by atoms with Crippen LogP contribution in [0.5, 0.6) is 0 Å². The van der Waals surface area contributed by atoms with Gasteiger partial charge in [0, 0.05) is 15.2 Å². The molecule has 1 aliphatic heterocycles. The first kappa shape index (κ1) is 8.77. The van der Waals surface area contributed by atoms with Crippen LogP contribution < -0.4 is 0 Å². The fourth-order valence-electron chi connectivity index (χ4n) is 1.64. The van der Waals surface area contributed by atoms with Crippen LogP contribution in [-0.4, -0.2) is 3.53 Å². The Morgan fingerprint density at radius 1 is 0.857 bits per heavy atom. The van der Waals surface area contributed by atoms with E-state index >= 15 is 0 Å². The standard InChI is InChI=1S/C11H6S3/c12-11-13-8-5-1-3-7-4-2-6-9(14-11)10(7)8/h1-6H. The van der Waals surface area contributed by atoms with Gasteiger partial charge in [-0.25, -0.2) is 0 Å². The molecule has 0 radical (unpaired) electrons. The summed E-state index contributed by atoms with van der Waals surface area (Å²) >= 11 is 8.65. The lowest BCUT2D eigenvalue weighted by atomic mass is 10.1. The van der Waals surface area contributed by atoms with Crippen molar-refractivity contribution >= 4 is 50.0 Å². The molecular weight excluding hydrogens is 228 g/mol. The normalized spacial score (nSPS) is 14.7. The Morgan fingerprint density at radius 3 is 2.00 bits per heavy atom. The van der Waals surface area contributed by atoms with E-state index in [9.17, 15) is 0 Å². The van der Waals surface area contributed by atoms with Gasteiger partial charge in [-0.05, 0) is 17.5 Å². The van der Waals surface area contributed by atoms with Crippen molar-refractivity contribution in [3.63, 3.8) is 0 Å². The topological polar surface area (TPSA) is 0 Å². The predicted molar refractivity (Wildman–Crippen MR) is 68.3 cm³/mol. The van der Waals surface area contributed by atoms with E-state index < -0.39 is 0 Å². The van der Waals surface area contributed by atoms with E-state index in [4.69, 9.17) is 12.2 Å². The minimum Gasteiger partial charge on any atom is -0.0704 e. The Bertz CT molecular complexity index is 488. The van der Waals surface area contributed by atoms with Crippen LogP contribution in [0, 0.1) is 0 Å². The molecule has 3 heteroatoms. The van der Waals surface area contributed by atoms with Gasteiger partial charge in [0.25, 0.3) is 0 Å². The highest BCUT2D eigenvalue weighted by Crippen LogP contribution is 2.44. The minimum atomic E-state index is 0.996. The SMILES string of the molecule is S=C1Sc2cccc3cccc(c23)S1.